The summed E-state index contributed by atoms with van der Waals surface area (Å²) in [6.45, 7) is 3.35. The largest absolute Gasteiger partial charge is 0.378 e. The monoisotopic (exact) mass is 154 g/mol. The highest BCUT2D eigenvalue weighted by molar-refractivity contribution is 4.83. The van der Waals surface area contributed by atoms with Gasteiger partial charge in [0.15, 0.2) is 0 Å². The van der Waals surface area contributed by atoms with Crippen LogP contribution in [-0.4, -0.2) is 12.7 Å². The van der Waals surface area contributed by atoms with Gasteiger partial charge in [-0.15, -0.1) is 0 Å². The second-order valence-electron chi connectivity index (χ2n) is 4.18. The van der Waals surface area contributed by atoms with Crippen LogP contribution in [0.1, 0.15) is 39.0 Å². The van der Waals surface area contributed by atoms with E-state index in [2.05, 4.69) is 6.92 Å². The van der Waals surface area contributed by atoms with Gasteiger partial charge in [-0.2, -0.15) is 0 Å². The van der Waals surface area contributed by atoms with Crippen molar-refractivity contribution in [3.8, 4) is 0 Å². The molecular weight excluding hydrogens is 136 g/mol. The van der Waals surface area contributed by atoms with E-state index in [1.807, 2.05) is 0 Å². The predicted molar refractivity (Wildman–Crippen MR) is 45.5 cm³/mol. The van der Waals surface area contributed by atoms with E-state index in [0.29, 0.717) is 6.10 Å². The predicted octanol–water partition coefficient (Wildman–Crippen LogP) is 2.60. The maximum Gasteiger partial charge on any atom is 0.0581 e. The van der Waals surface area contributed by atoms with Crippen molar-refractivity contribution in [1.82, 2.24) is 0 Å². The molecule has 1 aliphatic carbocycles. The molecule has 2 fully saturated rings. The minimum Gasteiger partial charge on any atom is -0.378 e. The fourth-order valence-electron chi connectivity index (χ4n) is 2.69. The van der Waals surface area contributed by atoms with Gasteiger partial charge in [0.05, 0.1) is 6.10 Å². The number of rotatable bonds is 2. The van der Waals surface area contributed by atoms with Crippen LogP contribution in [0.3, 0.4) is 0 Å². The number of fused-ring (bicyclic) bond motifs is 2. The minimum absolute atomic E-state index is 0.644. The van der Waals surface area contributed by atoms with E-state index >= 15 is 0 Å². The highest BCUT2D eigenvalue weighted by Gasteiger charge is 2.34. The van der Waals surface area contributed by atoms with Gasteiger partial charge in [0.1, 0.15) is 0 Å². The molecule has 2 rings (SSSR count). The van der Waals surface area contributed by atoms with Crippen LogP contribution < -0.4 is 0 Å². The summed E-state index contributed by atoms with van der Waals surface area (Å²) in [5.74, 6) is 1.91. The molecule has 1 nitrogen and oxygen atoms in total. The molecular formula is C10H18O. The molecule has 0 aromatic heterocycles. The third-order valence-corrected chi connectivity index (χ3v) is 3.12. The molecule has 1 heterocycles. The van der Waals surface area contributed by atoms with Crippen LogP contribution in [0.25, 0.3) is 0 Å². The molecule has 64 valence electrons. The van der Waals surface area contributed by atoms with Gasteiger partial charge in [0.25, 0.3) is 0 Å². The van der Waals surface area contributed by atoms with Crippen molar-refractivity contribution in [3.05, 3.63) is 0 Å². The summed E-state index contributed by atoms with van der Waals surface area (Å²) in [5, 5.41) is 0. The second kappa shape index (κ2) is 3.14. The van der Waals surface area contributed by atoms with E-state index in [1.165, 1.54) is 32.1 Å². The van der Waals surface area contributed by atoms with Crippen LogP contribution >= 0.6 is 0 Å². The van der Waals surface area contributed by atoms with Gasteiger partial charge in [-0.05, 0) is 31.1 Å². The Kier molecular flexibility index (Phi) is 2.17. The van der Waals surface area contributed by atoms with E-state index in [1.54, 1.807) is 0 Å². The van der Waals surface area contributed by atoms with Gasteiger partial charge in [-0.1, -0.05) is 19.8 Å². The van der Waals surface area contributed by atoms with Crippen molar-refractivity contribution in [2.24, 2.45) is 11.8 Å². The smallest absolute Gasteiger partial charge is 0.0581 e. The summed E-state index contributed by atoms with van der Waals surface area (Å²) in [7, 11) is 0. The summed E-state index contributed by atoms with van der Waals surface area (Å²) < 4.78 is 5.65. The lowest BCUT2D eigenvalue weighted by Gasteiger charge is -2.25. The first-order valence-corrected chi connectivity index (χ1v) is 5.00. The zero-order valence-corrected chi connectivity index (χ0v) is 7.38. The Balaban J connectivity index is 1.87. The van der Waals surface area contributed by atoms with Crippen LogP contribution in [0.2, 0.25) is 0 Å². The molecule has 1 aliphatic heterocycles. The van der Waals surface area contributed by atoms with E-state index < -0.39 is 0 Å². The van der Waals surface area contributed by atoms with Gasteiger partial charge >= 0.3 is 0 Å². The lowest BCUT2D eigenvalue weighted by atomic mass is 9.80. The zero-order chi connectivity index (χ0) is 7.68. The first-order valence-electron chi connectivity index (χ1n) is 5.00. The average Bonchev–Trinajstić information content (AvgIpc) is 2.32. The quantitative estimate of drug-likeness (QED) is 0.594. The Labute approximate surface area is 69.1 Å². The Morgan fingerprint density at radius 3 is 2.91 bits per heavy atom. The third-order valence-electron chi connectivity index (χ3n) is 3.12. The maximum atomic E-state index is 5.65. The van der Waals surface area contributed by atoms with Gasteiger partial charge in [0.2, 0.25) is 0 Å². The Morgan fingerprint density at radius 2 is 2.18 bits per heavy atom. The lowest BCUT2D eigenvalue weighted by Crippen LogP contribution is -2.19. The third kappa shape index (κ3) is 1.58. The summed E-state index contributed by atoms with van der Waals surface area (Å²) >= 11 is 0. The molecule has 1 heteroatoms. The number of hydrogen-bond acceptors (Lipinski definition) is 1. The van der Waals surface area contributed by atoms with Gasteiger partial charge in [-0.3, -0.25) is 0 Å². The fourth-order valence-corrected chi connectivity index (χ4v) is 2.69. The van der Waals surface area contributed by atoms with E-state index in [-0.39, 0.29) is 0 Å². The highest BCUT2D eigenvalue weighted by Crippen LogP contribution is 2.38. The average molecular weight is 154 g/mol. The van der Waals surface area contributed by atoms with Crippen molar-refractivity contribution >= 4 is 0 Å². The molecule has 0 aromatic rings. The summed E-state index contributed by atoms with van der Waals surface area (Å²) in [5.41, 5.74) is 0. The first-order chi connectivity index (χ1) is 5.38. The molecule has 3 unspecified atom stereocenters. The Hall–Kier alpha value is -0.0400. The molecule has 11 heavy (non-hydrogen) atoms. The van der Waals surface area contributed by atoms with Crippen LogP contribution in [-0.2, 0) is 4.74 Å². The molecule has 0 N–H and O–H groups in total. The molecule has 0 aromatic carbocycles. The molecule has 2 bridgehead atoms. The van der Waals surface area contributed by atoms with Crippen molar-refractivity contribution in [1.29, 1.82) is 0 Å². The van der Waals surface area contributed by atoms with Gasteiger partial charge in [0, 0.05) is 6.61 Å². The SMILES string of the molecule is CCCC1CC2COC(C1)C2. The Bertz CT molecular complexity index is 121. The Morgan fingerprint density at radius 1 is 1.27 bits per heavy atom. The van der Waals surface area contributed by atoms with E-state index in [0.717, 1.165) is 18.4 Å². The van der Waals surface area contributed by atoms with Gasteiger partial charge < -0.3 is 4.74 Å². The zero-order valence-electron chi connectivity index (χ0n) is 7.38. The van der Waals surface area contributed by atoms with Crippen molar-refractivity contribution in [2.45, 2.75) is 45.1 Å². The normalized spacial score (nSPS) is 42.8. The van der Waals surface area contributed by atoms with Crippen LogP contribution in [0, 0.1) is 11.8 Å². The van der Waals surface area contributed by atoms with E-state index in [9.17, 15) is 0 Å². The molecule has 0 amide bonds. The maximum absolute atomic E-state index is 5.65. The topological polar surface area (TPSA) is 9.23 Å². The van der Waals surface area contributed by atoms with Crippen molar-refractivity contribution < 1.29 is 4.74 Å². The first kappa shape index (κ1) is 7.60. The summed E-state index contributed by atoms with van der Waals surface area (Å²) in [6.07, 6.45) is 7.58. The standard InChI is InChI=1S/C10H18O/c1-2-3-8-4-9-6-10(5-8)11-7-9/h8-10H,2-7H2,1H3. The van der Waals surface area contributed by atoms with Crippen LogP contribution in [0.15, 0.2) is 0 Å². The molecule has 1 saturated carbocycles. The molecule has 2 aliphatic rings. The van der Waals surface area contributed by atoms with E-state index in [4.69, 9.17) is 4.74 Å². The number of ether oxygens (including phenoxy) is 1. The molecule has 0 spiro atoms. The molecule has 3 atom stereocenters. The molecule has 0 radical (unpaired) electrons. The van der Waals surface area contributed by atoms with Crippen molar-refractivity contribution in [3.63, 3.8) is 0 Å². The lowest BCUT2D eigenvalue weighted by molar-refractivity contribution is 0.0959. The summed E-state index contributed by atoms with van der Waals surface area (Å²) in [6, 6.07) is 0. The number of hydrogen-bond donors (Lipinski definition) is 0. The van der Waals surface area contributed by atoms with Crippen molar-refractivity contribution in [2.75, 3.05) is 6.61 Å². The molecule has 1 saturated heterocycles. The summed E-state index contributed by atoms with van der Waals surface area (Å²) in [4.78, 5) is 0. The van der Waals surface area contributed by atoms with Crippen LogP contribution in [0.4, 0.5) is 0 Å². The second-order valence-corrected chi connectivity index (χ2v) is 4.18. The fraction of sp³-hybridized carbons (Fsp3) is 1.00. The minimum atomic E-state index is 0.644. The van der Waals surface area contributed by atoms with Gasteiger partial charge in [-0.25, -0.2) is 0 Å². The van der Waals surface area contributed by atoms with Crippen LogP contribution in [0.5, 0.6) is 0 Å². The highest BCUT2D eigenvalue weighted by atomic mass is 16.5.